The van der Waals surface area contributed by atoms with Crippen LogP contribution in [-0.2, 0) is 14.8 Å². The normalized spacial score (nSPS) is 20.9. The predicted molar refractivity (Wildman–Crippen MR) is 63.1 cm³/mol. The number of halogens is 1. The number of nitrogens with two attached hydrogens (primary N) is 1. The third-order valence-corrected chi connectivity index (χ3v) is 4.12. The monoisotopic (exact) mass is 275 g/mol. The Kier molecular flexibility index (Phi) is 3.07. The Labute approximate surface area is 103 Å². The first kappa shape index (κ1) is 12.3. The van der Waals surface area contributed by atoms with E-state index in [4.69, 9.17) is 16.7 Å². The second-order valence-electron chi connectivity index (χ2n) is 3.73. The summed E-state index contributed by atoms with van der Waals surface area (Å²) in [4.78, 5) is 16.8. The minimum atomic E-state index is -3.72. The first-order chi connectivity index (χ1) is 7.89. The van der Waals surface area contributed by atoms with Crippen molar-refractivity contribution in [3.63, 3.8) is 0 Å². The number of aromatic nitrogens is 1. The van der Waals surface area contributed by atoms with Crippen LogP contribution in [-0.4, -0.2) is 31.1 Å². The van der Waals surface area contributed by atoms with Crippen molar-refractivity contribution in [1.82, 2.24) is 4.98 Å². The van der Waals surface area contributed by atoms with Gasteiger partial charge in [0.15, 0.2) is 5.15 Å². The number of sulfonamides is 1. The van der Waals surface area contributed by atoms with E-state index in [0.717, 1.165) is 0 Å². The number of carbonyl (C=O) groups is 1. The molecule has 1 fully saturated rings. The summed E-state index contributed by atoms with van der Waals surface area (Å²) in [5, 5.41) is 4.31. The van der Waals surface area contributed by atoms with Crippen LogP contribution in [0.5, 0.6) is 0 Å². The molecule has 1 unspecified atom stereocenters. The highest BCUT2D eigenvalue weighted by Gasteiger charge is 2.37. The predicted octanol–water partition coefficient (Wildman–Crippen LogP) is 0.129. The van der Waals surface area contributed by atoms with E-state index in [1.807, 2.05) is 0 Å². The van der Waals surface area contributed by atoms with Crippen molar-refractivity contribution in [2.75, 3.05) is 11.4 Å². The zero-order chi connectivity index (χ0) is 12.6. The molecule has 8 heteroatoms. The lowest BCUT2D eigenvalue weighted by Gasteiger charge is -2.16. The number of hydrogen-bond acceptors (Lipinski definition) is 4. The average Bonchev–Trinajstić information content (AvgIpc) is 2.61. The van der Waals surface area contributed by atoms with Crippen LogP contribution in [0, 0.1) is 0 Å². The number of anilines is 1. The van der Waals surface area contributed by atoms with Crippen molar-refractivity contribution in [3.05, 3.63) is 23.5 Å². The highest BCUT2D eigenvalue weighted by molar-refractivity contribution is 7.89. The zero-order valence-corrected chi connectivity index (χ0v) is 10.3. The molecule has 1 saturated heterocycles. The summed E-state index contributed by atoms with van der Waals surface area (Å²) in [7, 11) is -3.72. The molecule has 1 aromatic heterocycles. The Balaban J connectivity index is 2.31. The van der Waals surface area contributed by atoms with Crippen LogP contribution >= 0.6 is 11.6 Å². The van der Waals surface area contributed by atoms with E-state index >= 15 is 0 Å². The largest absolute Gasteiger partial charge is 0.308 e. The van der Waals surface area contributed by atoms with E-state index in [1.54, 1.807) is 12.1 Å². The number of rotatable bonds is 2. The smallest absolute Gasteiger partial charge is 0.228 e. The Morgan fingerprint density at radius 2 is 2.24 bits per heavy atom. The van der Waals surface area contributed by atoms with Gasteiger partial charge in [0.2, 0.25) is 15.9 Å². The minimum Gasteiger partial charge on any atom is -0.308 e. The molecule has 2 N–H and O–H groups in total. The van der Waals surface area contributed by atoms with E-state index in [1.165, 1.54) is 11.1 Å². The van der Waals surface area contributed by atoms with E-state index in [-0.39, 0.29) is 24.0 Å². The molecule has 17 heavy (non-hydrogen) atoms. The summed E-state index contributed by atoms with van der Waals surface area (Å²) < 4.78 is 22.4. The molecule has 0 saturated carbocycles. The Morgan fingerprint density at radius 3 is 2.76 bits per heavy atom. The Bertz CT molecular complexity index is 560. The van der Waals surface area contributed by atoms with Crippen molar-refractivity contribution in [1.29, 1.82) is 0 Å². The number of pyridine rings is 1. The Morgan fingerprint density at radius 1 is 1.53 bits per heavy atom. The first-order valence-electron chi connectivity index (χ1n) is 4.82. The maximum atomic E-state index is 11.7. The van der Waals surface area contributed by atoms with Crippen molar-refractivity contribution < 1.29 is 13.2 Å². The van der Waals surface area contributed by atoms with Gasteiger partial charge in [-0.1, -0.05) is 11.6 Å². The van der Waals surface area contributed by atoms with Gasteiger partial charge in [0, 0.05) is 19.2 Å². The van der Waals surface area contributed by atoms with Gasteiger partial charge in [0.05, 0.1) is 5.69 Å². The Hall–Kier alpha value is -1.18. The molecule has 6 nitrogen and oxygen atoms in total. The quantitative estimate of drug-likeness (QED) is 0.776. The van der Waals surface area contributed by atoms with Crippen LogP contribution < -0.4 is 10.0 Å². The second-order valence-corrected chi connectivity index (χ2v) is 5.94. The lowest BCUT2D eigenvalue weighted by atomic mass is 10.4. The molecule has 1 atom stereocenters. The fraction of sp³-hybridized carbons (Fsp3) is 0.333. The molecule has 1 aliphatic rings. The van der Waals surface area contributed by atoms with Crippen LogP contribution in [0.3, 0.4) is 0 Å². The molecule has 1 aromatic rings. The summed E-state index contributed by atoms with van der Waals surface area (Å²) in [5.74, 6) is -0.320. The van der Waals surface area contributed by atoms with Gasteiger partial charge in [-0.2, -0.15) is 0 Å². The third kappa shape index (κ3) is 2.41. The zero-order valence-electron chi connectivity index (χ0n) is 8.71. The molecule has 92 valence electrons. The lowest BCUT2D eigenvalue weighted by molar-refractivity contribution is -0.117. The molecule has 0 spiro atoms. The minimum absolute atomic E-state index is 0.0169. The molecule has 0 aliphatic carbocycles. The summed E-state index contributed by atoms with van der Waals surface area (Å²) in [6.45, 7) is 0.0169. The van der Waals surface area contributed by atoms with Gasteiger partial charge in [-0.25, -0.2) is 18.5 Å². The van der Waals surface area contributed by atoms with Crippen LogP contribution in [0.2, 0.25) is 5.15 Å². The number of carbonyl (C=O) groups excluding carboxylic acids is 1. The van der Waals surface area contributed by atoms with Crippen molar-refractivity contribution in [2.24, 2.45) is 5.14 Å². The number of nitrogens with zero attached hydrogens (tertiary/aromatic N) is 2. The van der Waals surface area contributed by atoms with Crippen molar-refractivity contribution in [2.45, 2.75) is 11.7 Å². The topological polar surface area (TPSA) is 93.4 Å². The van der Waals surface area contributed by atoms with Crippen LogP contribution in [0.1, 0.15) is 6.42 Å². The van der Waals surface area contributed by atoms with E-state index in [0.29, 0.717) is 5.69 Å². The molecular weight excluding hydrogens is 266 g/mol. The SMILES string of the molecule is NS(=O)(=O)C1CC(=O)N(c2cccnc2Cl)C1. The summed E-state index contributed by atoms with van der Waals surface area (Å²) >= 11 is 5.85. The highest BCUT2D eigenvalue weighted by Crippen LogP contribution is 2.28. The van der Waals surface area contributed by atoms with Crippen molar-refractivity contribution in [3.8, 4) is 0 Å². The van der Waals surface area contributed by atoms with Crippen LogP contribution in [0.25, 0.3) is 0 Å². The lowest BCUT2D eigenvalue weighted by Crippen LogP contribution is -2.32. The number of amides is 1. The van der Waals surface area contributed by atoms with Crippen LogP contribution in [0.15, 0.2) is 18.3 Å². The fourth-order valence-corrected chi connectivity index (χ4v) is 2.66. The van der Waals surface area contributed by atoms with E-state index in [9.17, 15) is 13.2 Å². The van der Waals surface area contributed by atoms with Gasteiger partial charge in [-0.15, -0.1) is 0 Å². The second kappa shape index (κ2) is 4.25. The average molecular weight is 276 g/mol. The molecule has 1 aliphatic heterocycles. The third-order valence-electron chi connectivity index (χ3n) is 2.58. The molecule has 0 aromatic carbocycles. The van der Waals surface area contributed by atoms with Gasteiger partial charge >= 0.3 is 0 Å². The molecule has 2 rings (SSSR count). The highest BCUT2D eigenvalue weighted by atomic mass is 35.5. The van der Waals surface area contributed by atoms with Gasteiger partial charge in [-0.05, 0) is 12.1 Å². The van der Waals surface area contributed by atoms with Gasteiger partial charge in [0.1, 0.15) is 5.25 Å². The molecule has 0 radical (unpaired) electrons. The summed E-state index contributed by atoms with van der Waals surface area (Å²) in [6.07, 6.45) is 1.37. The maximum Gasteiger partial charge on any atom is 0.228 e. The summed E-state index contributed by atoms with van der Waals surface area (Å²) in [5.41, 5.74) is 0.408. The van der Waals surface area contributed by atoms with Gasteiger partial charge < -0.3 is 4.90 Å². The molecule has 0 bridgehead atoms. The van der Waals surface area contributed by atoms with Gasteiger partial charge in [-0.3, -0.25) is 4.79 Å². The van der Waals surface area contributed by atoms with Crippen LogP contribution in [0.4, 0.5) is 5.69 Å². The standard InChI is InChI=1S/C9H10ClN3O3S/c10-9-7(2-1-3-12-9)13-5-6(4-8(13)14)17(11,15)16/h1-3,6H,4-5H2,(H2,11,15,16). The maximum absolute atomic E-state index is 11.7. The first-order valence-corrected chi connectivity index (χ1v) is 6.81. The van der Waals surface area contributed by atoms with E-state index in [2.05, 4.69) is 4.98 Å². The molecule has 1 amide bonds. The van der Waals surface area contributed by atoms with Gasteiger partial charge in [0.25, 0.3) is 0 Å². The number of primary sulfonamides is 1. The summed E-state index contributed by atoms with van der Waals surface area (Å²) in [6, 6.07) is 3.23. The fourth-order valence-electron chi connectivity index (χ4n) is 1.71. The van der Waals surface area contributed by atoms with Crippen molar-refractivity contribution >= 4 is 33.2 Å². The molecular formula is C9H10ClN3O3S. The van der Waals surface area contributed by atoms with E-state index < -0.39 is 15.3 Å². The molecule has 2 heterocycles. The number of hydrogen-bond donors (Lipinski definition) is 1.